The van der Waals surface area contributed by atoms with Crippen molar-refractivity contribution >= 4 is 5.97 Å². The van der Waals surface area contributed by atoms with Crippen LogP contribution in [0.4, 0.5) is 0 Å². The van der Waals surface area contributed by atoms with E-state index in [4.69, 9.17) is 14.2 Å². The fourth-order valence-corrected chi connectivity index (χ4v) is 3.49. The molecule has 0 bridgehead atoms. The van der Waals surface area contributed by atoms with E-state index in [0.29, 0.717) is 5.56 Å². The van der Waals surface area contributed by atoms with Crippen molar-refractivity contribution in [1.29, 1.82) is 0 Å². The zero-order chi connectivity index (χ0) is 20.6. The third kappa shape index (κ3) is 10.7. The van der Waals surface area contributed by atoms with Crippen LogP contribution < -0.4 is 4.74 Å². The first-order chi connectivity index (χ1) is 14.3. The molecule has 1 aromatic carbocycles. The average Bonchev–Trinajstić information content (AvgIpc) is 2.77. The summed E-state index contributed by atoms with van der Waals surface area (Å²) in [6, 6.07) is 7.10. The van der Waals surface area contributed by atoms with Gasteiger partial charge in [0.15, 0.2) is 6.29 Å². The second kappa shape index (κ2) is 15.3. The standard InChI is InChI=1S/C24H38O5/c1-26-24(25)21-14-16-22(17-15-21)27-18-10-7-5-3-2-4-6-8-11-19-28-23-13-9-12-20-29-23/h14-17,23H,2-13,18-20H2,1H3. The summed E-state index contributed by atoms with van der Waals surface area (Å²) >= 11 is 0. The van der Waals surface area contributed by atoms with Gasteiger partial charge >= 0.3 is 5.97 Å². The highest BCUT2D eigenvalue weighted by Crippen LogP contribution is 2.16. The molecule has 0 radical (unpaired) electrons. The summed E-state index contributed by atoms with van der Waals surface area (Å²) < 4.78 is 21.8. The van der Waals surface area contributed by atoms with Crippen LogP contribution in [0.25, 0.3) is 0 Å². The van der Waals surface area contributed by atoms with Crippen LogP contribution in [0.2, 0.25) is 0 Å². The molecule has 5 nitrogen and oxygen atoms in total. The topological polar surface area (TPSA) is 54.0 Å². The van der Waals surface area contributed by atoms with Gasteiger partial charge in [0.25, 0.3) is 0 Å². The second-order valence-electron chi connectivity index (χ2n) is 7.71. The van der Waals surface area contributed by atoms with Crippen LogP contribution in [0.1, 0.15) is 87.4 Å². The lowest BCUT2D eigenvalue weighted by Gasteiger charge is -2.22. The second-order valence-corrected chi connectivity index (χ2v) is 7.71. The Morgan fingerprint density at radius 3 is 2.10 bits per heavy atom. The molecule has 1 fully saturated rings. The molecule has 0 spiro atoms. The van der Waals surface area contributed by atoms with Crippen molar-refractivity contribution in [2.45, 2.75) is 83.3 Å². The van der Waals surface area contributed by atoms with E-state index in [1.165, 1.54) is 64.9 Å². The lowest BCUT2D eigenvalue weighted by Crippen LogP contribution is -2.22. The maximum absolute atomic E-state index is 11.4. The van der Waals surface area contributed by atoms with E-state index >= 15 is 0 Å². The van der Waals surface area contributed by atoms with Crippen LogP contribution in [-0.2, 0) is 14.2 Å². The smallest absolute Gasteiger partial charge is 0.337 e. The number of methoxy groups -OCH3 is 1. The van der Waals surface area contributed by atoms with Crippen molar-refractivity contribution in [2.75, 3.05) is 26.9 Å². The van der Waals surface area contributed by atoms with Crippen LogP contribution in [0.15, 0.2) is 24.3 Å². The van der Waals surface area contributed by atoms with E-state index < -0.39 is 0 Å². The zero-order valence-electron chi connectivity index (χ0n) is 18.0. The van der Waals surface area contributed by atoms with E-state index in [1.54, 1.807) is 12.1 Å². The maximum atomic E-state index is 11.4. The van der Waals surface area contributed by atoms with Gasteiger partial charge in [-0.25, -0.2) is 4.79 Å². The van der Waals surface area contributed by atoms with Gasteiger partial charge in [-0.15, -0.1) is 0 Å². The Morgan fingerprint density at radius 2 is 1.52 bits per heavy atom. The Kier molecular flexibility index (Phi) is 12.5. The molecule has 164 valence electrons. The van der Waals surface area contributed by atoms with Gasteiger partial charge in [-0.2, -0.15) is 0 Å². The van der Waals surface area contributed by atoms with Crippen LogP contribution in [0.5, 0.6) is 5.75 Å². The minimum Gasteiger partial charge on any atom is -0.494 e. The van der Waals surface area contributed by atoms with Gasteiger partial charge in [-0.1, -0.05) is 44.9 Å². The number of unbranched alkanes of at least 4 members (excludes halogenated alkanes) is 8. The Morgan fingerprint density at radius 1 is 0.897 bits per heavy atom. The van der Waals surface area contributed by atoms with Gasteiger partial charge in [0.2, 0.25) is 0 Å². The Balaban J connectivity index is 1.33. The van der Waals surface area contributed by atoms with Crippen molar-refractivity contribution in [3.05, 3.63) is 29.8 Å². The number of hydrogen-bond acceptors (Lipinski definition) is 5. The number of carbonyl (C=O) groups excluding carboxylic acids is 1. The molecule has 1 aromatic rings. The van der Waals surface area contributed by atoms with Crippen LogP contribution in [-0.4, -0.2) is 39.2 Å². The van der Waals surface area contributed by atoms with E-state index in [9.17, 15) is 4.79 Å². The molecule has 0 amide bonds. The molecule has 1 heterocycles. The van der Waals surface area contributed by atoms with E-state index in [-0.39, 0.29) is 12.3 Å². The fraction of sp³-hybridized carbons (Fsp3) is 0.708. The summed E-state index contributed by atoms with van der Waals surface area (Å²) in [5, 5.41) is 0. The third-order valence-electron chi connectivity index (χ3n) is 5.27. The van der Waals surface area contributed by atoms with Crippen LogP contribution >= 0.6 is 0 Å². The summed E-state index contributed by atoms with van der Waals surface area (Å²) in [6.45, 7) is 2.43. The van der Waals surface area contributed by atoms with Crippen LogP contribution in [0, 0.1) is 0 Å². The summed E-state index contributed by atoms with van der Waals surface area (Å²) in [4.78, 5) is 11.4. The molecule has 0 saturated carbocycles. The molecular formula is C24H38O5. The first-order valence-electron chi connectivity index (χ1n) is 11.3. The first-order valence-corrected chi connectivity index (χ1v) is 11.3. The summed E-state index contributed by atoms with van der Waals surface area (Å²) in [6.07, 6.45) is 14.7. The molecule has 0 N–H and O–H groups in total. The fourth-order valence-electron chi connectivity index (χ4n) is 3.49. The normalized spacial score (nSPS) is 16.5. The molecule has 1 atom stereocenters. The molecule has 0 aromatic heterocycles. The molecule has 2 rings (SSSR count). The predicted molar refractivity (Wildman–Crippen MR) is 114 cm³/mol. The van der Waals surface area contributed by atoms with Gasteiger partial charge in [-0.3, -0.25) is 0 Å². The lowest BCUT2D eigenvalue weighted by atomic mass is 10.1. The van der Waals surface area contributed by atoms with Crippen molar-refractivity contribution in [2.24, 2.45) is 0 Å². The number of rotatable bonds is 15. The molecule has 5 heteroatoms. The average molecular weight is 407 g/mol. The highest BCUT2D eigenvalue weighted by Gasteiger charge is 2.13. The number of hydrogen-bond donors (Lipinski definition) is 0. The lowest BCUT2D eigenvalue weighted by molar-refractivity contribution is -0.162. The Labute approximate surface area is 176 Å². The highest BCUT2D eigenvalue weighted by atomic mass is 16.7. The molecule has 1 unspecified atom stereocenters. The summed E-state index contributed by atoms with van der Waals surface area (Å²) in [7, 11) is 1.39. The van der Waals surface area contributed by atoms with Gasteiger partial charge in [0.05, 0.1) is 19.3 Å². The van der Waals surface area contributed by atoms with E-state index in [2.05, 4.69) is 4.74 Å². The van der Waals surface area contributed by atoms with Crippen molar-refractivity contribution in [1.82, 2.24) is 0 Å². The minimum atomic E-state index is -0.320. The zero-order valence-corrected chi connectivity index (χ0v) is 18.0. The molecule has 0 aliphatic carbocycles. The molecule has 1 aliphatic heterocycles. The monoisotopic (exact) mass is 406 g/mol. The quantitative estimate of drug-likeness (QED) is 0.268. The predicted octanol–water partition coefficient (Wildman–Crippen LogP) is 5.91. The van der Waals surface area contributed by atoms with Gasteiger partial charge in [-0.05, 0) is 56.4 Å². The first kappa shape index (κ1) is 23.7. The van der Waals surface area contributed by atoms with E-state index in [0.717, 1.165) is 44.8 Å². The minimum absolute atomic E-state index is 0.0620. The molecule has 1 saturated heterocycles. The summed E-state index contributed by atoms with van der Waals surface area (Å²) in [5.41, 5.74) is 0.547. The SMILES string of the molecule is COC(=O)c1ccc(OCCCCCCCCCCCOC2CCCCO2)cc1. The van der Waals surface area contributed by atoms with Crippen LogP contribution in [0.3, 0.4) is 0 Å². The largest absolute Gasteiger partial charge is 0.494 e. The molecule has 1 aliphatic rings. The van der Waals surface area contributed by atoms with Crippen molar-refractivity contribution < 1.29 is 23.7 Å². The number of ether oxygens (including phenoxy) is 4. The van der Waals surface area contributed by atoms with Gasteiger partial charge in [0, 0.05) is 13.2 Å². The van der Waals surface area contributed by atoms with Gasteiger partial charge < -0.3 is 18.9 Å². The van der Waals surface area contributed by atoms with Gasteiger partial charge in [0.1, 0.15) is 5.75 Å². The molecular weight excluding hydrogens is 368 g/mol. The summed E-state index contributed by atoms with van der Waals surface area (Å²) in [5.74, 6) is 0.482. The maximum Gasteiger partial charge on any atom is 0.337 e. The third-order valence-corrected chi connectivity index (χ3v) is 5.27. The number of benzene rings is 1. The van der Waals surface area contributed by atoms with E-state index in [1.807, 2.05) is 12.1 Å². The van der Waals surface area contributed by atoms with Crippen molar-refractivity contribution in [3.8, 4) is 5.75 Å². The Bertz CT molecular complexity index is 537. The molecule has 29 heavy (non-hydrogen) atoms. The number of carbonyl (C=O) groups is 1. The Hall–Kier alpha value is -1.59. The highest BCUT2D eigenvalue weighted by molar-refractivity contribution is 5.89. The number of esters is 1. The van der Waals surface area contributed by atoms with Crippen molar-refractivity contribution in [3.63, 3.8) is 0 Å².